The molecule has 6 N–H and O–H groups in total. The average Bonchev–Trinajstić information content (AvgIpc) is 3.42. The Balaban J connectivity index is 2.54. The van der Waals surface area contributed by atoms with Gasteiger partial charge in [0.1, 0.15) is 24.4 Å². The fourth-order valence-corrected chi connectivity index (χ4v) is 10.4. The van der Waals surface area contributed by atoms with Gasteiger partial charge in [-0.25, -0.2) is 0 Å². The molecule has 0 aromatic rings. The van der Waals surface area contributed by atoms with Gasteiger partial charge in [-0.15, -0.1) is 0 Å². The summed E-state index contributed by atoms with van der Waals surface area (Å²) in [5.74, 6) is -1.18. The lowest BCUT2D eigenvalue weighted by Gasteiger charge is -2.41. The van der Waals surface area contributed by atoms with E-state index >= 15 is 0 Å². The first-order chi connectivity index (χ1) is 37.2. The topological polar surface area (TPSA) is 175 Å². The van der Waals surface area contributed by atoms with Crippen molar-refractivity contribution in [2.45, 2.75) is 365 Å². The highest BCUT2D eigenvalue weighted by molar-refractivity contribution is 5.80. The van der Waals surface area contributed by atoms with Crippen molar-refractivity contribution in [2.24, 2.45) is 0 Å². The third-order valence-corrected chi connectivity index (χ3v) is 15.6. The minimum absolute atomic E-state index is 0.129. The number of aliphatic hydroxyl groups is 5. The first-order valence-corrected chi connectivity index (χ1v) is 32.6. The van der Waals surface area contributed by atoms with E-state index in [2.05, 4.69) is 38.2 Å². The Bertz CT molecular complexity index is 1330. The molecule has 448 valence electrons. The molecule has 0 aliphatic carbocycles. The van der Waals surface area contributed by atoms with Crippen LogP contribution in [-0.2, 0) is 23.8 Å². The van der Waals surface area contributed by atoms with E-state index in [0.29, 0.717) is 19.3 Å². The number of amides is 1. The van der Waals surface area contributed by atoms with E-state index in [4.69, 9.17) is 14.2 Å². The summed E-state index contributed by atoms with van der Waals surface area (Å²) in [5, 5.41) is 56.9. The monoisotopic (exact) mass is 1080 g/mol. The number of nitrogens with one attached hydrogen (secondary N) is 1. The molecular weight excluding hydrogens is 955 g/mol. The zero-order chi connectivity index (χ0) is 55.4. The number of hydrogen-bond donors (Lipinski definition) is 6. The second kappa shape index (κ2) is 53.8. The molecule has 8 atom stereocenters. The third kappa shape index (κ3) is 41.2. The molecule has 1 fully saturated rings. The Morgan fingerprint density at radius 3 is 1.28 bits per heavy atom. The third-order valence-electron chi connectivity index (χ3n) is 15.6. The first-order valence-electron chi connectivity index (χ1n) is 32.6. The van der Waals surface area contributed by atoms with Gasteiger partial charge in [0, 0.05) is 6.42 Å². The number of carbonyl (C=O) groups is 2. The van der Waals surface area contributed by atoms with Crippen LogP contribution in [0.4, 0.5) is 0 Å². The van der Waals surface area contributed by atoms with Gasteiger partial charge >= 0.3 is 5.97 Å². The van der Waals surface area contributed by atoms with Crippen molar-refractivity contribution in [1.82, 2.24) is 5.32 Å². The molecule has 0 radical (unpaired) electrons. The number of unbranched alkanes of at least 4 members (excludes halogenated alkanes) is 40. The summed E-state index contributed by atoms with van der Waals surface area (Å²) in [6.45, 7) is 5.79. The van der Waals surface area contributed by atoms with Crippen LogP contribution in [0.25, 0.3) is 0 Å². The maximum Gasteiger partial charge on any atom is 0.306 e. The zero-order valence-electron chi connectivity index (χ0n) is 49.6. The quantitative estimate of drug-likeness (QED) is 0.0195. The van der Waals surface area contributed by atoms with Crippen molar-refractivity contribution in [3.63, 3.8) is 0 Å². The summed E-state index contributed by atoms with van der Waals surface area (Å²) < 4.78 is 17.6. The van der Waals surface area contributed by atoms with Crippen molar-refractivity contribution >= 4 is 11.9 Å². The Morgan fingerprint density at radius 2 is 0.868 bits per heavy atom. The van der Waals surface area contributed by atoms with Gasteiger partial charge in [0.25, 0.3) is 0 Å². The van der Waals surface area contributed by atoms with Crippen LogP contribution >= 0.6 is 0 Å². The molecule has 0 saturated carbocycles. The molecule has 1 aliphatic rings. The second-order valence-electron chi connectivity index (χ2n) is 22.9. The molecule has 0 aromatic carbocycles. The number of ether oxygens (including phenoxy) is 3. The molecular formula is C65H123NO10. The molecule has 0 spiro atoms. The van der Waals surface area contributed by atoms with Gasteiger partial charge in [0.15, 0.2) is 12.4 Å². The highest BCUT2D eigenvalue weighted by Gasteiger charge is 2.47. The normalized spacial score (nSPS) is 19.2. The van der Waals surface area contributed by atoms with Crippen molar-refractivity contribution < 1.29 is 49.3 Å². The molecule has 1 amide bonds. The summed E-state index contributed by atoms with van der Waals surface area (Å²) in [7, 11) is 0. The second-order valence-corrected chi connectivity index (χ2v) is 22.9. The Labute approximate surface area is 467 Å². The van der Waals surface area contributed by atoms with Crippen molar-refractivity contribution in [3.8, 4) is 0 Å². The lowest BCUT2D eigenvalue weighted by Crippen LogP contribution is -2.61. The van der Waals surface area contributed by atoms with Crippen LogP contribution in [0.1, 0.15) is 316 Å². The number of rotatable bonds is 56. The van der Waals surface area contributed by atoms with Crippen LogP contribution in [-0.4, -0.2) is 99.6 Å². The highest BCUT2D eigenvalue weighted by Crippen LogP contribution is 2.26. The molecule has 1 rings (SSSR count). The maximum atomic E-state index is 13.4. The van der Waals surface area contributed by atoms with Crippen LogP contribution in [0.5, 0.6) is 0 Å². The molecule has 0 aromatic heterocycles. The van der Waals surface area contributed by atoms with E-state index in [9.17, 15) is 35.1 Å². The summed E-state index contributed by atoms with van der Waals surface area (Å²) in [6, 6.07) is -1.02. The summed E-state index contributed by atoms with van der Waals surface area (Å²) >= 11 is 0. The standard InChI is InChI=1S/C65H123NO10/c1-4-7-10-13-16-19-22-24-25-26-27-28-29-30-31-32-33-34-35-36-38-41-44-47-50-53-60(70)76-63-62(72)61(71)59(54-67)75-65(63)74-55-56(57(68)51-48-45-42-40-37-23-20-17-14-11-8-5-2)66-64(73)58(69)52-49-46-43-39-21-18-15-12-9-6-3/h24-25,48,51,56-59,61-63,65,67-69,71-72H,4-23,26-47,49-50,52-55H2,1-3H3,(H,66,73)/b25-24+,51-48+. The van der Waals surface area contributed by atoms with Gasteiger partial charge in [0.05, 0.1) is 25.4 Å². The van der Waals surface area contributed by atoms with E-state index in [0.717, 1.165) is 57.8 Å². The molecule has 8 unspecified atom stereocenters. The van der Waals surface area contributed by atoms with Crippen molar-refractivity contribution in [3.05, 3.63) is 24.3 Å². The Hall–Kier alpha value is -1.86. The summed E-state index contributed by atoms with van der Waals surface area (Å²) in [6.07, 6.45) is 52.4. The number of hydrogen-bond acceptors (Lipinski definition) is 10. The number of allylic oxidation sites excluding steroid dienone is 3. The predicted molar refractivity (Wildman–Crippen MR) is 315 cm³/mol. The van der Waals surface area contributed by atoms with Crippen LogP contribution in [0.3, 0.4) is 0 Å². The Kier molecular flexibility index (Phi) is 51.0. The largest absolute Gasteiger partial charge is 0.454 e. The molecule has 0 bridgehead atoms. The van der Waals surface area contributed by atoms with Gasteiger partial charge in [-0.3, -0.25) is 9.59 Å². The number of carbonyl (C=O) groups excluding carboxylic acids is 2. The zero-order valence-corrected chi connectivity index (χ0v) is 49.6. The molecule has 1 heterocycles. The predicted octanol–water partition coefficient (Wildman–Crippen LogP) is 15.7. The van der Waals surface area contributed by atoms with E-state index in [1.54, 1.807) is 6.08 Å². The SMILES string of the molecule is CCCCCCCC/C=C/CCCCCCCCCCCCCCCCCC(=O)OC1C(OCC(NC(=O)C(O)CCCCCCCCCCCC)C(O)/C=C/CCCCCCCCCCCC)OC(CO)C(O)C1O. The summed E-state index contributed by atoms with van der Waals surface area (Å²) in [5.41, 5.74) is 0. The average molecular weight is 1080 g/mol. The number of aliphatic hydroxyl groups excluding tert-OH is 5. The summed E-state index contributed by atoms with van der Waals surface area (Å²) in [4.78, 5) is 26.5. The van der Waals surface area contributed by atoms with Gasteiger partial charge in [-0.05, 0) is 51.4 Å². The molecule has 11 heteroatoms. The fraction of sp³-hybridized carbons (Fsp3) is 0.908. The van der Waals surface area contributed by atoms with Crippen molar-refractivity contribution in [1.29, 1.82) is 0 Å². The molecule has 11 nitrogen and oxygen atoms in total. The maximum absolute atomic E-state index is 13.4. The van der Waals surface area contributed by atoms with E-state index < -0.39 is 67.4 Å². The van der Waals surface area contributed by atoms with Crippen LogP contribution in [0, 0.1) is 0 Å². The van der Waals surface area contributed by atoms with Gasteiger partial charge < -0.3 is 45.1 Å². The van der Waals surface area contributed by atoms with Gasteiger partial charge in [-0.1, -0.05) is 283 Å². The molecule has 1 aliphatic heterocycles. The first kappa shape index (κ1) is 72.2. The van der Waals surface area contributed by atoms with Crippen LogP contribution < -0.4 is 5.32 Å². The van der Waals surface area contributed by atoms with Gasteiger partial charge in [-0.2, -0.15) is 0 Å². The van der Waals surface area contributed by atoms with Crippen LogP contribution in [0.15, 0.2) is 24.3 Å². The van der Waals surface area contributed by atoms with Gasteiger partial charge in [0.2, 0.25) is 5.91 Å². The lowest BCUT2D eigenvalue weighted by atomic mass is 9.99. The highest BCUT2D eigenvalue weighted by atomic mass is 16.7. The smallest absolute Gasteiger partial charge is 0.306 e. The van der Waals surface area contributed by atoms with Crippen LogP contribution in [0.2, 0.25) is 0 Å². The van der Waals surface area contributed by atoms with E-state index in [1.807, 2.05) is 6.08 Å². The molecule has 76 heavy (non-hydrogen) atoms. The molecule has 1 saturated heterocycles. The van der Waals surface area contributed by atoms with Crippen molar-refractivity contribution in [2.75, 3.05) is 13.2 Å². The minimum atomic E-state index is -1.61. The Morgan fingerprint density at radius 1 is 0.500 bits per heavy atom. The number of esters is 1. The fourth-order valence-electron chi connectivity index (χ4n) is 10.4. The van der Waals surface area contributed by atoms with E-state index in [1.165, 1.54) is 212 Å². The van der Waals surface area contributed by atoms with E-state index in [-0.39, 0.29) is 13.0 Å². The minimum Gasteiger partial charge on any atom is -0.454 e. The lowest BCUT2D eigenvalue weighted by molar-refractivity contribution is -0.305.